The first-order valence-corrected chi connectivity index (χ1v) is 8.97. The topological polar surface area (TPSA) is 29.9 Å². The van der Waals surface area contributed by atoms with Crippen molar-refractivity contribution >= 4 is 27.5 Å². The lowest BCUT2D eigenvalue weighted by Crippen LogP contribution is -2.31. The molecule has 0 radical (unpaired) electrons. The zero-order valence-corrected chi connectivity index (χ0v) is 14.8. The van der Waals surface area contributed by atoms with Crippen LogP contribution in [0, 0.1) is 11.8 Å². The second-order valence-electron chi connectivity index (χ2n) is 5.77. The van der Waals surface area contributed by atoms with E-state index >= 15 is 0 Å². The van der Waals surface area contributed by atoms with Crippen LogP contribution in [0.1, 0.15) is 44.0 Å². The first kappa shape index (κ1) is 16.3. The molecule has 114 valence electrons. The Balaban J connectivity index is 1.88. The lowest BCUT2D eigenvalue weighted by Gasteiger charge is -2.30. The molecule has 0 amide bonds. The maximum atomic E-state index is 6.09. The van der Waals surface area contributed by atoms with Crippen LogP contribution in [0.25, 0.3) is 0 Å². The van der Waals surface area contributed by atoms with Crippen molar-refractivity contribution in [3.8, 4) is 0 Å². The second-order valence-corrected chi connectivity index (χ2v) is 6.88. The summed E-state index contributed by atoms with van der Waals surface area (Å²) in [6.07, 6.45) is 6.28. The number of hydrogen-bond donors (Lipinski definition) is 1. The van der Waals surface area contributed by atoms with Gasteiger partial charge in [0.15, 0.2) is 0 Å². The highest BCUT2D eigenvalue weighted by molar-refractivity contribution is 9.10. The minimum absolute atomic E-state index is 0.694. The highest BCUT2D eigenvalue weighted by Gasteiger charge is 2.24. The largest absolute Gasteiger partial charge is 0.311 e. The fourth-order valence-electron chi connectivity index (χ4n) is 3.14. The Bertz CT molecular complexity index is 433. The molecule has 0 aliphatic heterocycles. The standard InChI is InChI=1S/C15H25BrClN3/c1-3-13-15(16)14(20(2)19-13)10-18-9-12-7-5-4-6-11(12)8-17/h11-12,18H,3-10H2,1-2H3. The fourth-order valence-corrected chi connectivity index (χ4v) is 4.31. The Labute approximate surface area is 135 Å². The number of aromatic nitrogens is 2. The van der Waals surface area contributed by atoms with Crippen LogP contribution in [-0.2, 0) is 20.0 Å². The molecular formula is C15H25BrClN3. The zero-order valence-electron chi connectivity index (χ0n) is 12.5. The monoisotopic (exact) mass is 361 g/mol. The van der Waals surface area contributed by atoms with Crippen molar-refractivity contribution in [1.29, 1.82) is 0 Å². The van der Waals surface area contributed by atoms with E-state index in [1.54, 1.807) is 0 Å². The molecule has 0 saturated heterocycles. The molecule has 1 heterocycles. The van der Waals surface area contributed by atoms with Gasteiger partial charge in [-0.3, -0.25) is 4.68 Å². The molecule has 1 aromatic heterocycles. The van der Waals surface area contributed by atoms with Gasteiger partial charge in [0.2, 0.25) is 0 Å². The van der Waals surface area contributed by atoms with E-state index in [0.29, 0.717) is 5.92 Å². The molecule has 0 spiro atoms. The van der Waals surface area contributed by atoms with Crippen LogP contribution in [-0.4, -0.2) is 22.2 Å². The molecule has 1 saturated carbocycles. The van der Waals surface area contributed by atoms with Gasteiger partial charge in [-0.1, -0.05) is 19.8 Å². The molecule has 0 aromatic carbocycles. The third kappa shape index (κ3) is 3.77. The molecule has 0 bridgehead atoms. The summed E-state index contributed by atoms with van der Waals surface area (Å²) in [5, 5.41) is 8.14. The molecule has 1 aliphatic carbocycles. The molecule has 1 aromatic rings. The maximum absolute atomic E-state index is 6.09. The number of nitrogens with one attached hydrogen (secondary N) is 1. The normalized spacial score (nSPS) is 23.2. The number of aryl methyl sites for hydroxylation is 2. The summed E-state index contributed by atoms with van der Waals surface area (Å²) >= 11 is 9.76. The van der Waals surface area contributed by atoms with Crippen LogP contribution in [0.5, 0.6) is 0 Å². The van der Waals surface area contributed by atoms with Crippen LogP contribution >= 0.6 is 27.5 Å². The molecule has 2 rings (SSSR count). The van der Waals surface area contributed by atoms with Crippen molar-refractivity contribution in [2.75, 3.05) is 12.4 Å². The molecule has 1 fully saturated rings. The third-order valence-electron chi connectivity index (χ3n) is 4.47. The van der Waals surface area contributed by atoms with Gasteiger partial charge in [-0.25, -0.2) is 0 Å². The predicted octanol–water partition coefficient (Wildman–Crippen LogP) is 3.88. The quantitative estimate of drug-likeness (QED) is 0.778. The van der Waals surface area contributed by atoms with E-state index in [4.69, 9.17) is 11.6 Å². The maximum Gasteiger partial charge on any atom is 0.0767 e. The van der Waals surface area contributed by atoms with Crippen LogP contribution in [0.2, 0.25) is 0 Å². The van der Waals surface area contributed by atoms with Gasteiger partial charge in [-0.2, -0.15) is 5.10 Å². The van der Waals surface area contributed by atoms with Crippen molar-refractivity contribution in [1.82, 2.24) is 15.1 Å². The molecular weight excluding hydrogens is 338 g/mol. The van der Waals surface area contributed by atoms with Gasteiger partial charge in [0.05, 0.1) is 15.9 Å². The number of alkyl halides is 1. The fraction of sp³-hybridized carbons (Fsp3) is 0.800. The Kier molecular flexibility index (Phi) is 6.37. The Hall–Kier alpha value is -0.0600. The smallest absolute Gasteiger partial charge is 0.0767 e. The van der Waals surface area contributed by atoms with E-state index < -0.39 is 0 Å². The van der Waals surface area contributed by atoms with Crippen LogP contribution in [0.3, 0.4) is 0 Å². The molecule has 5 heteroatoms. The lowest BCUT2D eigenvalue weighted by atomic mass is 9.80. The van der Waals surface area contributed by atoms with E-state index in [-0.39, 0.29) is 0 Å². The third-order valence-corrected chi connectivity index (χ3v) is 5.78. The minimum Gasteiger partial charge on any atom is -0.311 e. The highest BCUT2D eigenvalue weighted by Crippen LogP contribution is 2.30. The van der Waals surface area contributed by atoms with Crippen molar-refractivity contribution in [3.05, 3.63) is 15.9 Å². The highest BCUT2D eigenvalue weighted by atomic mass is 79.9. The van der Waals surface area contributed by atoms with E-state index in [1.165, 1.54) is 31.4 Å². The van der Waals surface area contributed by atoms with Gasteiger partial charge in [0.25, 0.3) is 0 Å². The average Bonchev–Trinajstić information content (AvgIpc) is 2.75. The summed E-state index contributed by atoms with van der Waals surface area (Å²) in [4.78, 5) is 0. The summed E-state index contributed by atoms with van der Waals surface area (Å²) in [7, 11) is 2.02. The first-order valence-electron chi connectivity index (χ1n) is 7.64. The number of hydrogen-bond acceptors (Lipinski definition) is 2. The Morgan fingerprint density at radius 1 is 1.35 bits per heavy atom. The number of nitrogens with zero attached hydrogens (tertiary/aromatic N) is 2. The molecule has 20 heavy (non-hydrogen) atoms. The lowest BCUT2D eigenvalue weighted by molar-refractivity contribution is 0.250. The van der Waals surface area contributed by atoms with Crippen molar-refractivity contribution < 1.29 is 0 Å². The number of rotatable bonds is 6. The van der Waals surface area contributed by atoms with Gasteiger partial charge in [-0.15, -0.1) is 11.6 Å². The SMILES string of the molecule is CCc1nn(C)c(CNCC2CCCCC2CCl)c1Br. The second kappa shape index (κ2) is 7.81. The molecule has 2 unspecified atom stereocenters. The van der Waals surface area contributed by atoms with Gasteiger partial charge >= 0.3 is 0 Å². The van der Waals surface area contributed by atoms with E-state index in [9.17, 15) is 0 Å². The molecule has 1 aliphatic rings. The molecule has 1 N–H and O–H groups in total. The summed E-state index contributed by atoms with van der Waals surface area (Å²) in [6.45, 7) is 4.07. The first-order chi connectivity index (χ1) is 9.67. The van der Waals surface area contributed by atoms with Crippen molar-refractivity contribution in [2.45, 2.75) is 45.6 Å². The van der Waals surface area contributed by atoms with Gasteiger partial charge in [0.1, 0.15) is 0 Å². The average molecular weight is 363 g/mol. The minimum atomic E-state index is 0.694. The summed E-state index contributed by atoms with van der Waals surface area (Å²) in [5.74, 6) is 2.24. The van der Waals surface area contributed by atoms with Gasteiger partial charge < -0.3 is 5.32 Å². The van der Waals surface area contributed by atoms with Crippen molar-refractivity contribution in [2.24, 2.45) is 18.9 Å². The van der Waals surface area contributed by atoms with Crippen LogP contribution in [0.4, 0.5) is 0 Å². The molecule has 3 nitrogen and oxygen atoms in total. The Morgan fingerprint density at radius 2 is 2.05 bits per heavy atom. The van der Waals surface area contributed by atoms with E-state index in [2.05, 4.69) is 33.3 Å². The predicted molar refractivity (Wildman–Crippen MR) is 88.2 cm³/mol. The summed E-state index contributed by atoms with van der Waals surface area (Å²) in [6, 6.07) is 0. The van der Waals surface area contributed by atoms with Gasteiger partial charge in [0, 0.05) is 19.5 Å². The number of halogens is 2. The van der Waals surface area contributed by atoms with Crippen molar-refractivity contribution in [3.63, 3.8) is 0 Å². The Morgan fingerprint density at radius 3 is 2.65 bits per heavy atom. The van der Waals surface area contributed by atoms with Crippen LogP contribution < -0.4 is 5.32 Å². The molecule has 2 atom stereocenters. The van der Waals surface area contributed by atoms with Gasteiger partial charge in [-0.05, 0) is 53.6 Å². The van der Waals surface area contributed by atoms with E-state index in [0.717, 1.165) is 41.5 Å². The zero-order chi connectivity index (χ0) is 14.5. The van der Waals surface area contributed by atoms with Crippen LogP contribution in [0.15, 0.2) is 4.47 Å². The summed E-state index contributed by atoms with van der Waals surface area (Å²) in [5.41, 5.74) is 2.38. The van der Waals surface area contributed by atoms with E-state index in [1.807, 2.05) is 11.7 Å². The summed E-state index contributed by atoms with van der Waals surface area (Å²) < 4.78 is 3.14.